The number of fused-ring (bicyclic) bond motifs is 1. The van der Waals surface area contributed by atoms with Gasteiger partial charge in [0, 0.05) is 37.3 Å². The van der Waals surface area contributed by atoms with E-state index in [-0.39, 0.29) is 6.61 Å². The van der Waals surface area contributed by atoms with Crippen molar-refractivity contribution in [1.82, 2.24) is 15.1 Å². The molecule has 6 heteroatoms. The Hall–Kier alpha value is -1.56. The Morgan fingerprint density at radius 2 is 2.36 bits per heavy atom. The van der Waals surface area contributed by atoms with Gasteiger partial charge in [0.1, 0.15) is 18.5 Å². The summed E-state index contributed by atoms with van der Waals surface area (Å²) in [6, 6.07) is 5.62. The Kier molecular flexibility index (Phi) is 4.66. The van der Waals surface area contributed by atoms with Crippen LogP contribution in [0.5, 0.6) is 5.75 Å². The lowest BCUT2D eigenvalue weighted by Crippen LogP contribution is -2.38. The Morgan fingerprint density at radius 1 is 1.50 bits per heavy atom. The van der Waals surface area contributed by atoms with Crippen LogP contribution in [-0.4, -0.2) is 46.0 Å². The number of hydrogen-bond donors (Lipinski definition) is 2. The zero-order valence-corrected chi connectivity index (χ0v) is 13.3. The van der Waals surface area contributed by atoms with Crippen molar-refractivity contribution < 1.29 is 9.84 Å². The summed E-state index contributed by atoms with van der Waals surface area (Å²) in [5.74, 6) is 0.622. The Bertz CT molecular complexity index is 644. The molecular weight excluding hydrogens is 302 g/mol. The van der Waals surface area contributed by atoms with Crippen LogP contribution in [0.4, 0.5) is 0 Å². The fourth-order valence-corrected chi connectivity index (χ4v) is 2.87. The van der Waals surface area contributed by atoms with Crippen molar-refractivity contribution in [3.8, 4) is 5.75 Å². The highest BCUT2D eigenvalue weighted by molar-refractivity contribution is 6.32. The fourth-order valence-electron chi connectivity index (χ4n) is 2.69. The van der Waals surface area contributed by atoms with Crippen LogP contribution in [0.2, 0.25) is 5.02 Å². The molecular formula is C16H20ClN3O2. The minimum absolute atomic E-state index is 0.234. The molecule has 1 aromatic carbocycles. The Balaban J connectivity index is 1.51. The number of aromatic nitrogens is 2. The van der Waals surface area contributed by atoms with Crippen molar-refractivity contribution in [1.29, 1.82) is 0 Å². The third kappa shape index (κ3) is 3.61. The van der Waals surface area contributed by atoms with Crippen molar-refractivity contribution in [3.05, 3.63) is 46.2 Å². The van der Waals surface area contributed by atoms with E-state index in [1.807, 2.05) is 31.3 Å². The summed E-state index contributed by atoms with van der Waals surface area (Å²) in [5.41, 5.74) is 3.49. The van der Waals surface area contributed by atoms with E-state index in [0.29, 0.717) is 17.3 Å². The van der Waals surface area contributed by atoms with Gasteiger partial charge in [0.05, 0.1) is 11.2 Å². The number of aryl methyl sites for hydroxylation is 1. The number of rotatable bonds is 5. The van der Waals surface area contributed by atoms with Crippen LogP contribution in [0.1, 0.15) is 16.8 Å². The molecule has 5 nitrogen and oxygen atoms in total. The number of H-pyrrole nitrogens is 1. The van der Waals surface area contributed by atoms with Crippen LogP contribution >= 0.6 is 11.6 Å². The van der Waals surface area contributed by atoms with E-state index in [0.717, 1.165) is 25.1 Å². The van der Waals surface area contributed by atoms with E-state index in [4.69, 9.17) is 16.3 Å². The highest BCUT2D eigenvalue weighted by Gasteiger charge is 2.20. The molecule has 0 saturated carbocycles. The number of hydrogen-bond acceptors (Lipinski definition) is 4. The molecule has 0 saturated heterocycles. The number of aliphatic hydroxyl groups is 1. The maximum absolute atomic E-state index is 10.2. The summed E-state index contributed by atoms with van der Waals surface area (Å²) in [5, 5.41) is 17.8. The van der Waals surface area contributed by atoms with E-state index in [2.05, 4.69) is 15.1 Å². The second-order valence-electron chi connectivity index (χ2n) is 5.76. The Labute approximate surface area is 134 Å². The number of β-amino-alcohol motifs (C(OH)–C–C–N with tert-alkyl or cyclic N) is 1. The molecule has 118 valence electrons. The molecule has 0 spiro atoms. The molecule has 2 aromatic rings. The van der Waals surface area contributed by atoms with Crippen LogP contribution in [0.25, 0.3) is 0 Å². The standard InChI is InChI=1S/C16H20ClN3O2/c1-11-2-3-14(17)16(6-11)22-10-13(21)9-20-5-4-15-12(8-20)7-18-19-15/h2-3,6-7,13,21H,4-5,8-10H2,1H3,(H,18,19)/t13-/m1/s1. The summed E-state index contributed by atoms with van der Waals surface area (Å²) in [4.78, 5) is 2.21. The second-order valence-corrected chi connectivity index (χ2v) is 6.16. The topological polar surface area (TPSA) is 61.4 Å². The number of ether oxygens (including phenoxy) is 1. The van der Waals surface area contributed by atoms with E-state index in [1.54, 1.807) is 0 Å². The SMILES string of the molecule is Cc1ccc(Cl)c(OC[C@H](O)CN2CCc3[nH]ncc3C2)c1. The van der Waals surface area contributed by atoms with E-state index in [1.165, 1.54) is 11.3 Å². The van der Waals surface area contributed by atoms with Crippen molar-refractivity contribution >= 4 is 11.6 Å². The molecule has 3 rings (SSSR count). The first kappa shape index (κ1) is 15.3. The second kappa shape index (κ2) is 6.69. The van der Waals surface area contributed by atoms with Crippen molar-refractivity contribution in [3.63, 3.8) is 0 Å². The van der Waals surface area contributed by atoms with Gasteiger partial charge in [0.2, 0.25) is 0 Å². The number of nitrogens with one attached hydrogen (secondary N) is 1. The molecule has 22 heavy (non-hydrogen) atoms. The van der Waals surface area contributed by atoms with Crippen LogP contribution in [0.3, 0.4) is 0 Å². The lowest BCUT2D eigenvalue weighted by molar-refractivity contribution is 0.0637. The fraction of sp³-hybridized carbons (Fsp3) is 0.438. The molecule has 2 N–H and O–H groups in total. The molecule has 2 heterocycles. The summed E-state index contributed by atoms with van der Waals surface area (Å²) in [6.07, 6.45) is 2.24. The number of benzene rings is 1. The van der Waals surface area contributed by atoms with Crippen molar-refractivity contribution in [2.24, 2.45) is 0 Å². The summed E-state index contributed by atoms with van der Waals surface area (Å²) in [6.45, 7) is 4.52. The maximum atomic E-state index is 10.2. The highest BCUT2D eigenvalue weighted by atomic mass is 35.5. The molecule has 0 fully saturated rings. The van der Waals surface area contributed by atoms with Gasteiger partial charge < -0.3 is 9.84 Å². The first-order valence-corrected chi connectivity index (χ1v) is 7.80. The van der Waals surface area contributed by atoms with E-state index >= 15 is 0 Å². The minimum Gasteiger partial charge on any atom is -0.489 e. The lowest BCUT2D eigenvalue weighted by Gasteiger charge is -2.28. The lowest BCUT2D eigenvalue weighted by atomic mass is 10.1. The quantitative estimate of drug-likeness (QED) is 0.886. The largest absolute Gasteiger partial charge is 0.489 e. The molecule has 1 atom stereocenters. The van der Waals surface area contributed by atoms with Crippen molar-refractivity contribution in [2.45, 2.75) is 26.0 Å². The zero-order valence-electron chi connectivity index (χ0n) is 12.6. The van der Waals surface area contributed by atoms with Crippen molar-refractivity contribution in [2.75, 3.05) is 19.7 Å². The van der Waals surface area contributed by atoms with Gasteiger partial charge in [0.15, 0.2) is 0 Å². The number of halogens is 1. The molecule has 0 unspecified atom stereocenters. The first-order valence-electron chi connectivity index (χ1n) is 7.42. The molecule has 1 aliphatic heterocycles. The van der Waals surface area contributed by atoms with Gasteiger partial charge in [0.25, 0.3) is 0 Å². The molecule has 1 aromatic heterocycles. The summed E-state index contributed by atoms with van der Waals surface area (Å²) in [7, 11) is 0. The summed E-state index contributed by atoms with van der Waals surface area (Å²) >= 11 is 6.09. The summed E-state index contributed by atoms with van der Waals surface area (Å²) < 4.78 is 5.65. The van der Waals surface area contributed by atoms with Gasteiger partial charge in [-0.15, -0.1) is 0 Å². The Morgan fingerprint density at radius 3 is 3.23 bits per heavy atom. The smallest absolute Gasteiger partial charge is 0.138 e. The van der Waals surface area contributed by atoms with Gasteiger partial charge in [-0.25, -0.2) is 0 Å². The number of aromatic amines is 1. The van der Waals surface area contributed by atoms with Gasteiger partial charge in [-0.2, -0.15) is 5.10 Å². The molecule has 0 aliphatic carbocycles. The van der Waals surface area contributed by atoms with Crippen LogP contribution in [0, 0.1) is 6.92 Å². The minimum atomic E-state index is -0.551. The maximum Gasteiger partial charge on any atom is 0.138 e. The third-order valence-electron chi connectivity index (χ3n) is 3.87. The van der Waals surface area contributed by atoms with Gasteiger partial charge in [-0.05, 0) is 24.6 Å². The van der Waals surface area contributed by atoms with Gasteiger partial charge >= 0.3 is 0 Å². The normalized spacial score (nSPS) is 16.3. The van der Waals surface area contributed by atoms with E-state index < -0.39 is 6.10 Å². The average molecular weight is 322 g/mol. The third-order valence-corrected chi connectivity index (χ3v) is 4.18. The van der Waals surface area contributed by atoms with Crippen LogP contribution in [-0.2, 0) is 13.0 Å². The molecule has 0 radical (unpaired) electrons. The van der Waals surface area contributed by atoms with Gasteiger partial charge in [-0.3, -0.25) is 10.00 Å². The highest BCUT2D eigenvalue weighted by Crippen LogP contribution is 2.25. The predicted octanol–water partition coefficient (Wildman–Crippen LogP) is 2.17. The monoisotopic (exact) mass is 321 g/mol. The zero-order chi connectivity index (χ0) is 15.5. The number of nitrogens with zero attached hydrogens (tertiary/aromatic N) is 2. The number of aliphatic hydroxyl groups excluding tert-OH is 1. The predicted molar refractivity (Wildman–Crippen MR) is 85.3 cm³/mol. The van der Waals surface area contributed by atoms with Crippen LogP contribution in [0.15, 0.2) is 24.4 Å². The average Bonchev–Trinajstić information content (AvgIpc) is 2.96. The van der Waals surface area contributed by atoms with Gasteiger partial charge in [-0.1, -0.05) is 17.7 Å². The molecule has 0 amide bonds. The molecule has 1 aliphatic rings. The molecule has 0 bridgehead atoms. The van der Waals surface area contributed by atoms with E-state index in [9.17, 15) is 5.11 Å². The first-order chi connectivity index (χ1) is 10.6. The van der Waals surface area contributed by atoms with Crippen LogP contribution < -0.4 is 4.74 Å².